The Hall–Kier alpha value is -2.01. The Bertz CT molecular complexity index is 809. The van der Waals surface area contributed by atoms with E-state index < -0.39 is 5.60 Å². The number of hydrogen-bond donors (Lipinski definition) is 0. The molecule has 2 saturated heterocycles. The van der Waals surface area contributed by atoms with Crippen LogP contribution in [0, 0.1) is 5.92 Å². The third kappa shape index (κ3) is 2.75. The molecule has 1 amide bonds. The zero-order valence-electron chi connectivity index (χ0n) is 17.0. The molecule has 27 heavy (non-hydrogen) atoms. The molecule has 1 aromatic carbocycles. The maximum absolute atomic E-state index is 13.0. The summed E-state index contributed by atoms with van der Waals surface area (Å²) in [6.07, 6.45) is 1.87. The molecule has 2 heterocycles. The first-order chi connectivity index (χ1) is 12.6. The van der Waals surface area contributed by atoms with Crippen molar-refractivity contribution in [3.05, 3.63) is 41.1 Å². The first-order valence-electron chi connectivity index (χ1n) is 9.68. The van der Waals surface area contributed by atoms with Crippen LogP contribution in [0.15, 0.2) is 30.0 Å². The second-order valence-corrected chi connectivity index (χ2v) is 9.10. The number of hydrogen-bond acceptors (Lipinski definition) is 4. The maximum atomic E-state index is 13.0. The van der Waals surface area contributed by atoms with Gasteiger partial charge in [0, 0.05) is 23.6 Å². The van der Waals surface area contributed by atoms with E-state index >= 15 is 0 Å². The van der Waals surface area contributed by atoms with E-state index in [4.69, 9.17) is 14.2 Å². The monoisotopic (exact) mass is 371 g/mol. The zero-order chi connectivity index (χ0) is 19.6. The van der Waals surface area contributed by atoms with E-state index in [1.165, 1.54) is 11.1 Å². The lowest BCUT2D eigenvalue weighted by Gasteiger charge is -2.36. The van der Waals surface area contributed by atoms with Gasteiger partial charge < -0.3 is 14.2 Å². The number of amides is 1. The largest absolute Gasteiger partial charge is 0.497 e. The molecule has 146 valence electrons. The molecule has 2 fully saturated rings. The molecule has 5 nitrogen and oxygen atoms in total. The van der Waals surface area contributed by atoms with Crippen molar-refractivity contribution >= 4 is 6.09 Å². The standard InChI is InChI=1S/C22H29NO4/c1-13-11-23(20(24)27-21(2,3)4)19-10-18-16(12-26-18)15-8-7-14(25-6)9-17(15)22(13,19)5/h7-10,13,16,18H,11-12H2,1-6H3/t13-,16?,18?,22-/m1/s1. The van der Waals surface area contributed by atoms with E-state index in [0.717, 1.165) is 11.4 Å². The van der Waals surface area contributed by atoms with Crippen molar-refractivity contribution in [1.82, 2.24) is 4.90 Å². The van der Waals surface area contributed by atoms with E-state index in [9.17, 15) is 4.79 Å². The molecule has 4 atom stereocenters. The molecule has 4 rings (SSSR count). The Balaban J connectivity index is 1.83. The van der Waals surface area contributed by atoms with Crippen LogP contribution in [-0.2, 0) is 14.9 Å². The van der Waals surface area contributed by atoms with Crippen LogP contribution in [0.25, 0.3) is 0 Å². The first kappa shape index (κ1) is 18.4. The van der Waals surface area contributed by atoms with Crippen LogP contribution in [0.1, 0.15) is 51.7 Å². The van der Waals surface area contributed by atoms with Crippen LogP contribution < -0.4 is 4.74 Å². The Morgan fingerprint density at radius 2 is 2.07 bits per heavy atom. The quantitative estimate of drug-likeness (QED) is 0.742. The summed E-state index contributed by atoms with van der Waals surface area (Å²) in [5.74, 6) is 1.42. The Labute approximate surface area is 161 Å². The Kier molecular flexibility index (Phi) is 4.08. The minimum absolute atomic E-state index is 0.00390. The van der Waals surface area contributed by atoms with Gasteiger partial charge in [0.05, 0.1) is 19.8 Å². The molecular formula is C22H29NO4. The van der Waals surface area contributed by atoms with Crippen LogP contribution in [0.4, 0.5) is 4.79 Å². The molecule has 0 N–H and O–H groups in total. The van der Waals surface area contributed by atoms with Crippen molar-refractivity contribution in [2.45, 2.75) is 57.7 Å². The summed E-state index contributed by atoms with van der Waals surface area (Å²) in [6.45, 7) is 11.5. The van der Waals surface area contributed by atoms with Gasteiger partial charge in [-0.05, 0) is 62.9 Å². The summed E-state index contributed by atoms with van der Waals surface area (Å²) in [4.78, 5) is 14.8. The number of rotatable bonds is 1. The van der Waals surface area contributed by atoms with Crippen LogP contribution >= 0.6 is 0 Å². The molecule has 0 aromatic heterocycles. The molecule has 0 radical (unpaired) electrons. The predicted molar refractivity (Wildman–Crippen MR) is 103 cm³/mol. The molecule has 2 unspecified atom stereocenters. The van der Waals surface area contributed by atoms with Gasteiger partial charge in [0.2, 0.25) is 0 Å². The van der Waals surface area contributed by atoms with Gasteiger partial charge in [-0.1, -0.05) is 13.0 Å². The smallest absolute Gasteiger partial charge is 0.414 e. The molecule has 3 aliphatic rings. The van der Waals surface area contributed by atoms with E-state index in [-0.39, 0.29) is 23.5 Å². The van der Waals surface area contributed by atoms with Gasteiger partial charge in [-0.25, -0.2) is 4.79 Å². The third-order valence-corrected chi connectivity index (χ3v) is 6.29. The van der Waals surface area contributed by atoms with Gasteiger partial charge in [0.1, 0.15) is 11.4 Å². The van der Waals surface area contributed by atoms with E-state index in [1.807, 2.05) is 31.7 Å². The highest BCUT2D eigenvalue weighted by molar-refractivity contribution is 5.73. The highest BCUT2D eigenvalue weighted by atomic mass is 16.6. The molecule has 0 spiro atoms. The topological polar surface area (TPSA) is 48.0 Å². The van der Waals surface area contributed by atoms with Crippen molar-refractivity contribution in [3.63, 3.8) is 0 Å². The van der Waals surface area contributed by atoms with Gasteiger partial charge in [-0.15, -0.1) is 0 Å². The number of allylic oxidation sites excluding steroid dienone is 1. The predicted octanol–water partition coefficient (Wildman–Crippen LogP) is 4.22. The SMILES string of the molecule is COc1ccc2c(c1)[C@]1(C)C(=CC3OCC23)N(C(=O)OC(C)(C)C)C[C@H]1C. The van der Waals surface area contributed by atoms with Gasteiger partial charge in [0.15, 0.2) is 0 Å². The molecular weight excluding hydrogens is 342 g/mol. The number of carbonyl (C=O) groups excluding carboxylic acids is 1. The minimum Gasteiger partial charge on any atom is -0.497 e. The lowest BCUT2D eigenvalue weighted by atomic mass is 9.71. The minimum atomic E-state index is -0.527. The second kappa shape index (κ2) is 5.99. The number of ether oxygens (including phenoxy) is 3. The summed E-state index contributed by atoms with van der Waals surface area (Å²) in [5.41, 5.74) is 2.72. The highest BCUT2D eigenvalue weighted by Crippen LogP contribution is 2.54. The molecule has 0 bridgehead atoms. The summed E-state index contributed by atoms with van der Waals surface area (Å²) in [5, 5.41) is 0. The number of likely N-dealkylation sites (tertiary alicyclic amines) is 1. The zero-order valence-corrected chi connectivity index (χ0v) is 17.0. The number of carbonyl (C=O) groups is 1. The van der Waals surface area contributed by atoms with Crippen molar-refractivity contribution in [3.8, 4) is 5.75 Å². The fraction of sp³-hybridized carbons (Fsp3) is 0.591. The molecule has 0 saturated carbocycles. The van der Waals surface area contributed by atoms with Crippen molar-refractivity contribution < 1.29 is 19.0 Å². The molecule has 1 aliphatic carbocycles. The fourth-order valence-electron chi connectivity index (χ4n) is 4.57. The van der Waals surface area contributed by atoms with Crippen LogP contribution in [0.5, 0.6) is 5.75 Å². The first-order valence-corrected chi connectivity index (χ1v) is 9.68. The van der Waals surface area contributed by atoms with Crippen molar-refractivity contribution in [2.24, 2.45) is 5.92 Å². The number of fused-ring (bicyclic) bond motifs is 5. The summed E-state index contributed by atoms with van der Waals surface area (Å²) in [6, 6.07) is 6.33. The average Bonchev–Trinajstić information content (AvgIpc) is 2.79. The highest BCUT2D eigenvalue weighted by Gasteiger charge is 2.53. The van der Waals surface area contributed by atoms with E-state index in [2.05, 4.69) is 32.1 Å². The Morgan fingerprint density at radius 1 is 1.33 bits per heavy atom. The third-order valence-electron chi connectivity index (χ3n) is 6.29. The van der Waals surface area contributed by atoms with Crippen LogP contribution in [-0.4, -0.2) is 43.0 Å². The van der Waals surface area contributed by atoms with E-state index in [0.29, 0.717) is 19.1 Å². The number of benzene rings is 1. The van der Waals surface area contributed by atoms with Crippen molar-refractivity contribution in [1.29, 1.82) is 0 Å². The van der Waals surface area contributed by atoms with Crippen molar-refractivity contribution in [2.75, 3.05) is 20.3 Å². The van der Waals surface area contributed by atoms with Crippen LogP contribution in [0.3, 0.4) is 0 Å². The van der Waals surface area contributed by atoms with Crippen LogP contribution in [0.2, 0.25) is 0 Å². The van der Waals surface area contributed by atoms with Gasteiger partial charge >= 0.3 is 6.09 Å². The molecule has 1 aromatic rings. The normalized spacial score (nSPS) is 31.7. The van der Waals surface area contributed by atoms with Gasteiger partial charge in [-0.3, -0.25) is 4.90 Å². The second-order valence-electron chi connectivity index (χ2n) is 9.10. The maximum Gasteiger partial charge on any atom is 0.414 e. The average molecular weight is 371 g/mol. The van der Waals surface area contributed by atoms with Gasteiger partial charge in [0.25, 0.3) is 0 Å². The summed E-state index contributed by atoms with van der Waals surface area (Å²) < 4.78 is 17.1. The number of nitrogens with zero attached hydrogens (tertiary/aromatic N) is 1. The van der Waals surface area contributed by atoms with Gasteiger partial charge in [-0.2, -0.15) is 0 Å². The summed E-state index contributed by atoms with van der Waals surface area (Å²) >= 11 is 0. The molecule has 2 aliphatic heterocycles. The van der Waals surface area contributed by atoms with E-state index in [1.54, 1.807) is 7.11 Å². The molecule has 5 heteroatoms. The Morgan fingerprint density at radius 3 is 2.67 bits per heavy atom. The lowest BCUT2D eigenvalue weighted by molar-refractivity contribution is -0.0465. The fourth-order valence-corrected chi connectivity index (χ4v) is 4.57. The number of methoxy groups -OCH3 is 1. The summed E-state index contributed by atoms with van der Waals surface area (Å²) in [7, 11) is 1.69. The lowest BCUT2D eigenvalue weighted by Crippen LogP contribution is -2.38.